The average molecular weight is 283 g/mol. The number of hydrogen-bond donors (Lipinski definition) is 3. The molecule has 0 bridgehead atoms. The number of nitrogens with zero attached hydrogens (tertiary/aromatic N) is 2. The lowest BCUT2D eigenvalue weighted by molar-refractivity contribution is 0.502. The van der Waals surface area contributed by atoms with Gasteiger partial charge in [0.2, 0.25) is 0 Å². The lowest BCUT2D eigenvalue weighted by Gasteiger charge is -2.06. The highest BCUT2D eigenvalue weighted by molar-refractivity contribution is 7.98. The van der Waals surface area contributed by atoms with E-state index in [4.69, 9.17) is 17.2 Å². The summed E-state index contributed by atoms with van der Waals surface area (Å²) in [6.07, 6.45) is 0. The maximum atomic E-state index is 13.4. The van der Waals surface area contributed by atoms with Crippen LogP contribution in [0.5, 0.6) is 0 Å². The zero-order valence-electron chi connectivity index (χ0n) is 9.73. The fraction of sp³-hybridized carbons (Fsp3) is 0.0909. The van der Waals surface area contributed by atoms with Crippen LogP contribution in [0, 0.1) is 11.6 Å². The summed E-state index contributed by atoms with van der Waals surface area (Å²) < 4.78 is 26.4. The van der Waals surface area contributed by atoms with E-state index in [1.807, 2.05) is 0 Å². The second kappa shape index (κ2) is 5.27. The third-order valence-electron chi connectivity index (χ3n) is 2.37. The Morgan fingerprint density at radius 1 is 1.05 bits per heavy atom. The highest BCUT2D eigenvalue weighted by atomic mass is 32.2. The standard InChI is InChI=1S/C11H11F2N5S/c12-6-3-1-2-5(7(6)13)4-19-11-17-9(15)8(14)10(16)18-11/h1-3H,4,14H2,(H4,15,16,17,18). The first kappa shape index (κ1) is 13.3. The third-order valence-corrected chi connectivity index (χ3v) is 3.27. The Morgan fingerprint density at radius 2 is 1.68 bits per heavy atom. The fourth-order valence-electron chi connectivity index (χ4n) is 1.35. The van der Waals surface area contributed by atoms with Gasteiger partial charge < -0.3 is 17.2 Å². The van der Waals surface area contributed by atoms with Crippen LogP contribution in [0.4, 0.5) is 26.1 Å². The Morgan fingerprint density at radius 3 is 2.32 bits per heavy atom. The summed E-state index contributed by atoms with van der Waals surface area (Å²) in [5.74, 6) is -1.49. The molecule has 0 aliphatic carbocycles. The molecule has 0 unspecified atom stereocenters. The molecule has 8 heteroatoms. The van der Waals surface area contributed by atoms with E-state index in [-0.39, 0.29) is 33.8 Å². The van der Waals surface area contributed by atoms with Gasteiger partial charge in [-0.3, -0.25) is 0 Å². The van der Waals surface area contributed by atoms with Crippen molar-refractivity contribution >= 4 is 29.1 Å². The average Bonchev–Trinajstić information content (AvgIpc) is 2.37. The normalized spacial score (nSPS) is 10.6. The minimum atomic E-state index is -0.893. The number of nitrogens with two attached hydrogens (primary N) is 3. The van der Waals surface area contributed by atoms with E-state index < -0.39 is 11.6 Å². The number of benzene rings is 1. The molecule has 6 N–H and O–H groups in total. The van der Waals surface area contributed by atoms with Crippen molar-refractivity contribution < 1.29 is 8.78 Å². The topological polar surface area (TPSA) is 104 Å². The molecule has 0 saturated carbocycles. The van der Waals surface area contributed by atoms with Crippen LogP contribution >= 0.6 is 11.8 Å². The lowest BCUT2D eigenvalue weighted by atomic mass is 10.2. The number of thioether (sulfide) groups is 1. The number of halogens is 2. The maximum absolute atomic E-state index is 13.4. The van der Waals surface area contributed by atoms with Crippen LogP contribution < -0.4 is 17.2 Å². The van der Waals surface area contributed by atoms with E-state index in [1.54, 1.807) is 0 Å². The van der Waals surface area contributed by atoms with Crippen molar-refractivity contribution in [3.63, 3.8) is 0 Å². The van der Waals surface area contributed by atoms with Gasteiger partial charge in [-0.15, -0.1) is 0 Å². The van der Waals surface area contributed by atoms with Crippen LogP contribution in [-0.2, 0) is 5.75 Å². The van der Waals surface area contributed by atoms with Crippen molar-refractivity contribution in [2.45, 2.75) is 10.9 Å². The van der Waals surface area contributed by atoms with E-state index in [2.05, 4.69) is 9.97 Å². The van der Waals surface area contributed by atoms with E-state index >= 15 is 0 Å². The Labute approximate surface area is 112 Å². The molecule has 0 radical (unpaired) electrons. The van der Waals surface area contributed by atoms with E-state index in [9.17, 15) is 8.78 Å². The number of rotatable bonds is 3. The summed E-state index contributed by atoms with van der Waals surface area (Å²) in [5.41, 5.74) is 16.9. The van der Waals surface area contributed by atoms with Crippen molar-refractivity contribution in [1.82, 2.24) is 9.97 Å². The molecular formula is C11H11F2N5S. The molecule has 0 saturated heterocycles. The molecular weight excluding hydrogens is 272 g/mol. The zero-order valence-corrected chi connectivity index (χ0v) is 10.5. The second-order valence-corrected chi connectivity index (χ2v) is 4.63. The van der Waals surface area contributed by atoms with Gasteiger partial charge in [-0.05, 0) is 6.07 Å². The Hall–Kier alpha value is -2.09. The molecule has 1 aromatic carbocycles. The summed E-state index contributed by atoms with van der Waals surface area (Å²) in [7, 11) is 0. The number of aromatic nitrogens is 2. The lowest BCUT2D eigenvalue weighted by Crippen LogP contribution is -2.06. The van der Waals surface area contributed by atoms with E-state index in [0.717, 1.165) is 17.8 Å². The molecule has 0 aliphatic rings. The Kier molecular flexibility index (Phi) is 3.70. The van der Waals surface area contributed by atoms with Crippen molar-refractivity contribution in [3.8, 4) is 0 Å². The first-order valence-electron chi connectivity index (χ1n) is 5.23. The molecule has 0 amide bonds. The maximum Gasteiger partial charge on any atom is 0.191 e. The molecule has 0 atom stereocenters. The summed E-state index contributed by atoms with van der Waals surface area (Å²) in [5, 5.41) is 0.257. The molecule has 2 aromatic rings. The molecule has 19 heavy (non-hydrogen) atoms. The smallest absolute Gasteiger partial charge is 0.191 e. The van der Waals surface area contributed by atoms with Gasteiger partial charge in [0.15, 0.2) is 28.4 Å². The number of anilines is 3. The van der Waals surface area contributed by atoms with E-state index in [0.29, 0.717) is 0 Å². The minimum Gasteiger partial charge on any atom is -0.393 e. The van der Waals surface area contributed by atoms with Gasteiger partial charge in [0.05, 0.1) is 0 Å². The summed E-state index contributed by atoms with van der Waals surface area (Å²) >= 11 is 1.09. The van der Waals surface area contributed by atoms with Crippen LogP contribution in [0.1, 0.15) is 5.56 Å². The first-order valence-corrected chi connectivity index (χ1v) is 6.21. The zero-order chi connectivity index (χ0) is 14.0. The monoisotopic (exact) mass is 283 g/mol. The third kappa shape index (κ3) is 2.84. The fourth-order valence-corrected chi connectivity index (χ4v) is 2.18. The molecule has 0 fully saturated rings. The number of hydrogen-bond acceptors (Lipinski definition) is 6. The van der Waals surface area contributed by atoms with E-state index in [1.165, 1.54) is 12.1 Å². The Bertz CT molecular complexity index is 597. The quantitative estimate of drug-likeness (QED) is 0.586. The van der Waals surface area contributed by atoms with Crippen LogP contribution in [0.25, 0.3) is 0 Å². The second-order valence-electron chi connectivity index (χ2n) is 3.69. The van der Waals surface area contributed by atoms with Crippen LogP contribution in [0.15, 0.2) is 23.4 Å². The van der Waals surface area contributed by atoms with Crippen molar-refractivity contribution in [2.24, 2.45) is 0 Å². The van der Waals surface area contributed by atoms with Gasteiger partial charge in [0, 0.05) is 11.3 Å². The minimum absolute atomic E-state index is 0.0646. The SMILES string of the molecule is Nc1nc(SCc2cccc(F)c2F)nc(N)c1N. The Balaban J connectivity index is 2.17. The predicted molar refractivity (Wildman–Crippen MR) is 71.2 cm³/mol. The molecule has 0 spiro atoms. The van der Waals surface area contributed by atoms with Gasteiger partial charge in [-0.25, -0.2) is 18.7 Å². The van der Waals surface area contributed by atoms with Gasteiger partial charge in [-0.2, -0.15) is 0 Å². The van der Waals surface area contributed by atoms with Gasteiger partial charge in [0.25, 0.3) is 0 Å². The summed E-state index contributed by atoms with van der Waals surface area (Å²) in [6.45, 7) is 0. The van der Waals surface area contributed by atoms with Gasteiger partial charge in [-0.1, -0.05) is 23.9 Å². The first-order chi connectivity index (χ1) is 8.99. The highest BCUT2D eigenvalue weighted by Gasteiger charge is 2.11. The summed E-state index contributed by atoms with van der Waals surface area (Å²) in [4.78, 5) is 7.82. The van der Waals surface area contributed by atoms with Crippen molar-refractivity contribution in [3.05, 3.63) is 35.4 Å². The summed E-state index contributed by atoms with van der Waals surface area (Å²) in [6, 6.07) is 3.97. The van der Waals surface area contributed by atoms with Crippen LogP contribution in [0.2, 0.25) is 0 Å². The largest absolute Gasteiger partial charge is 0.393 e. The molecule has 2 rings (SSSR count). The molecule has 100 valence electrons. The van der Waals surface area contributed by atoms with Crippen LogP contribution in [-0.4, -0.2) is 9.97 Å². The molecule has 1 heterocycles. The number of nitrogen functional groups attached to an aromatic ring is 3. The molecule has 5 nitrogen and oxygen atoms in total. The molecule has 0 aliphatic heterocycles. The predicted octanol–water partition coefficient (Wildman–Crippen LogP) is 1.79. The van der Waals surface area contributed by atoms with Gasteiger partial charge >= 0.3 is 0 Å². The van der Waals surface area contributed by atoms with Crippen molar-refractivity contribution in [1.29, 1.82) is 0 Å². The van der Waals surface area contributed by atoms with Crippen molar-refractivity contribution in [2.75, 3.05) is 17.2 Å². The molecule has 1 aromatic heterocycles. The van der Waals surface area contributed by atoms with Gasteiger partial charge in [0.1, 0.15) is 5.69 Å². The highest BCUT2D eigenvalue weighted by Crippen LogP contribution is 2.26. The van der Waals surface area contributed by atoms with Crippen LogP contribution in [0.3, 0.4) is 0 Å².